The molecule has 0 fully saturated rings. The van der Waals surface area contributed by atoms with Gasteiger partial charge in [-0.15, -0.1) is 10.2 Å². The molecule has 3 aromatic rings. The molecule has 0 aliphatic heterocycles. The Labute approximate surface area is 175 Å². The Morgan fingerprint density at radius 1 is 1.37 bits per heavy atom. The van der Waals surface area contributed by atoms with Crippen LogP contribution in [0.5, 0.6) is 5.75 Å². The maximum Gasteiger partial charge on any atom is 0.417 e. The number of rotatable bonds is 6. The van der Waals surface area contributed by atoms with E-state index in [2.05, 4.69) is 15.5 Å². The molecule has 0 spiro atoms. The zero-order chi connectivity index (χ0) is 22.1. The average molecular weight is 462 g/mol. The number of carbonyl (C=O) groups is 1. The van der Waals surface area contributed by atoms with Crippen LogP contribution in [0.4, 0.5) is 24.5 Å². The van der Waals surface area contributed by atoms with E-state index in [0.717, 1.165) is 34.5 Å². The molecule has 30 heavy (non-hydrogen) atoms. The molecule has 0 aliphatic carbocycles. The third-order valence-corrected chi connectivity index (χ3v) is 4.98. The summed E-state index contributed by atoms with van der Waals surface area (Å²) in [6, 6.07) is 4.39. The lowest BCUT2D eigenvalue weighted by molar-refractivity contribution is -0.384. The third-order valence-electron chi connectivity index (χ3n) is 3.76. The zero-order valence-corrected chi connectivity index (χ0v) is 16.5. The number of nitrogens with zero attached hydrogens (tertiary/aromatic N) is 4. The van der Waals surface area contributed by atoms with Crippen LogP contribution in [0.3, 0.4) is 0 Å². The summed E-state index contributed by atoms with van der Waals surface area (Å²) in [6.45, 7) is 0. The van der Waals surface area contributed by atoms with Crippen LogP contribution in [0.2, 0.25) is 5.02 Å². The number of carbonyl (C=O) groups excluding carboxylic acids is 1. The molecule has 1 aromatic carbocycles. The minimum Gasteiger partial charge on any atom is -0.494 e. The number of nitro groups is 1. The summed E-state index contributed by atoms with van der Waals surface area (Å²) in [5, 5.41) is 20.6. The number of thioether (sulfide) groups is 1. The number of amides is 1. The van der Waals surface area contributed by atoms with Gasteiger partial charge in [-0.1, -0.05) is 23.4 Å². The first-order valence-corrected chi connectivity index (χ1v) is 9.33. The molecule has 3 rings (SSSR count). The number of nitro benzene ring substituents is 1. The summed E-state index contributed by atoms with van der Waals surface area (Å²) < 4.78 is 45.1. The minimum absolute atomic E-state index is 0.0182. The van der Waals surface area contributed by atoms with E-state index in [1.165, 1.54) is 19.2 Å². The molecule has 1 amide bonds. The maximum absolute atomic E-state index is 13.0. The number of aromatic nitrogens is 3. The Hall–Kier alpha value is -3.06. The topological polar surface area (TPSA) is 112 Å². The number of hydrogen-bond donors (Lipinski definition) is 1. The average Bonchev–Trinajstić information content (AvgIpc) is 3.09. The van der Waals surface area contributed by atoms with Gasteiger partial charge in [0.15, 0.2) is 10.8 Å². The first kappa shape index (κ1) is 21.6. The molecule has 0 atom stereocenters. The van der Waals surface area contributed by atoms with Crippen LogP contribution in [0.25, 0.3) is 5.65 Å². The van der Waals surface area contributed by atoms with Gasteiger partial charge < -0.3 is 10.1 Å². The predicted octanol–water partition coefficient (Wildman–Crippen LogP) is 4.05. The van der Waals surface area contributed by atoms with Crippen molar-refractivity contribution in [1.82, 2.24) is 14.6 Å². The van der Waals surface area contributed by atoms with Gasteiger partial charge in [0.1, 0.15) is 5.75 Å². The number of anilines is 1. The molecule has 0 radical (unpaired) electrons. The lowest BCUT2D eigenvalue weighted by atomic mass is 10.2. The smallest absolute Gasteiger partial charge is 0.417 e. The predicted molar refractivity (Wildman–Crippen MR) is 102 cm³/mol. The van der Waals surface area contributed by atoms with E-state index in [4.69, 9.17) is 16.3 Å². The van der Waals surface area contributed by atoms with Crippen molar-refractivity contribution in [2.75, 3.05) is 18.2 Å². The molecule has 1 N–H and O–H groups in total. The van der Waals surface area contributed by atoms with Crippen LogP contribution in [-0.2, 0) is 11.0 Å². The second-order valence-electron chi connectivity index (χ2n) is 5.73. The summed E-state index contributed by atoms with van der Waals surface area (Å²) >= 11 is 6.68. The molecule has 2 heterocycles. The SMILES string of the molecule is COc1cc([N+](=O)[O-])ccc1NC(=O)CSc1nnc2c(Cl)cc(C(F)(F)F)cn12. The standard InChI is InChI=1S/C16H11ClF3N5O4S/c1-29-12-5-9(25(27)28)2-3-11(12)21-13(26)7-30-15-23-22-14-10(17)4-8(6-24(14)15)16(18,19)20/h2-6H,7H2,1H3,(H,21,26). The van der Waals surface area contributed by atoms with Crippen LogP contribution >= 0.6 is 23.4 Å². The first-order chi connectivity index (χ1) is 14.1. The van der Waals surface area contributed by atoms with Gasteiger partial charge >= 0.3 is 6.18 Å². The molecule has 0 saturated heterocycles. The number of pyridine rings is 1. The quantitative estimate of drug-likeness (QED) is 0.335. The van der Waals surface area contributed by atoms with Gasteiger partial charge in [0, 0.05) is 12.3 Å². The molecule has 0 unspecified atom stereocenters. The van der Waals surface area contributed by atoms with E-state index < -0.39 is 22.6 Å². The van der Waals surface area contributed by atoms with Gasteiger partial charge in [0.2, 0.25) is 5.91 Å². The number of methoxy groups -OCH3 is 1. The molecular formula is C16H11ClF3N5O4S. The monoisotopic (exact) mass is 461 g/mol. The highest BCUT2D eigenvalue weighted by Gasteiger charge is 2.32. The van der Waals surface area contributed by atoms with E-state index in [1.54, 1.807) is 0 Å². The zero-order valence-electron chi connectivity index (χ0n) is 14.9. The normalized spacial score (nSPS) is 11.5. The molecule has 2 aromatic heterocycles. The second-order valence-corrected chi connectivity index (χ2v) is 7.08. The number of fused-ring (bicyclic) bond motifs is 1. The van der Waals surface area contributed by atoms with Crippen molar-refractivity contribution in [3.05, 3.63) is 51.2 Å². The maximum atomic E-state index is 13.0. The lowest BCUT2D eigenvalue weighted by Crippen LogP contribution is -2.15. The van der Waals surface area contributed by atoms with Crippen molar-refractivity contribution in [1.29, 1.82) is 0 Å². The highest BCUT2D eigenvalue weighted by Crippen LogP contribution is 2.33. The van der Waals surface area contributed by atoms with Gasteiger partial charge in [0.25, 0.3) is 5.69 Å². The fraction of sp³-hybridized carbons (Fsp3) is 0.188. The van der Waals surface area contributed by atoms with E-state index in [0.29, 0.717) is 0 Å². The Kier molecular flexibility index (Phi) is 6.03. The number of halogens is 4. The van der Waals surface area contributed by atoms with Gasteiger partial charge in [-0.25, -0.2) is 0 Å². The van der Waals surface area contributed by atoms with Crippen molar-refractivity contribution >= 4 is 46.3 Å². The highest BCUT2D eigenvalue weighted by molar-refractivity contribution is 7.99. The Morgan fingerprint density at radius 2 is 2.10 bits per heavy atom. The summed E-state index contributed by atoms with van der Waals surface area (Å²) in [5.74, 6) is -0.687. The summed E-state index contributed by atoms with van der Waals surface area (Å²) in [5.41, 5.74) is -0.986. The second kappa shape index (κ2) is 8.36. The van der Waals surface area contributed by atoms with Crippen LogP contribution in [0, 0.1) is 10.1 Å². The van der Waals surface area contributed by atoms with Gasteiger partial charge in [0.05, 0.1) is 40.1 Å². The number of alkyl halides is 3. The molecule has 0 saturated carbocycles. The van der Waals surface area contributed by atoms with Crippen molar-refractivity contribution < 1.29 is 27.6 Å². The summed E-state index contributed by atoms with van der Waals surface area (Å²) in [4.78, 5) is 22.4. The number of benzene rings is 1. The van der Waals surface area contributed by atoms with Gasteiger partial charge in [-0.05, 0) is 12.1 Å². The van der Waals surface area contributed by atoms with E-state index in [9.17, 15) is 28.1 Å². The number of hydrogen-bond acceptors (Lipinski definition) is 7. The molecule has 0 bridgehead atoms. The van der Waals surface area contributed by atoms with Crippen molar-refractivity contribution in [3.63, 3.8) is 0 Å². The van der Waals surface area contributed by atoms with E-state index >= 15 is 0 Å². The summed E-state index contributed by atoms with van der Waals surface area (Å²) in [6.07, 6.45) is -3.82. The lowest BCUT2D eigenvalue weighted by Gasteiger charge is -2.10. The summed E-state index contributed by atoms with van der Waals surface area (Å²) in [7, 11) is 1.29. The highest BCUT2D eigenvalue weighted by atomic mass is 35.5. The first-order valence-electron chi connectivity index (χ1n) is 7.96. The molecule has 9 nitrogen and oxygen atoms in total. The van der Waals surface area contributed by atoms with Crippen LogP contribution in [-0.4, -0.2) is 38.3 Å². The van der Waals surface area contributed by atoms with Crippen LogP contribution in [0.15, 0.2) is 35.6 Å². The third kappa shape index (κ3) is 4.57. The number of non-ortho nitro benzene ring substituents is 1. The van der Waals surface area contributed by atoms with Crippen LogP contribution < -0.4 is 10.1 Å². The fourth-order valence-corrected chi connectivity index (χ4v) is 3.36. The molecule has 158 valence electrons. The Morgan fingerprint density at radius 3 is 2.73 bits per heavy atom. The number of nitrogens with one attached hydrogen (secondary N) is 1. The molecule has 14 heteroatoms. The van der Waals surface area contributed by atoms with Crippen LogP contribution in [0.1, 0.15) is 5.56 Å². The van der Waals surface area contributed by atoms with Crippen molar-refractivity contribution in [3.8, 4) is 5.75 Å². The molecular weight excluding hydrogens is 451 g/mol. The van der Waals surface area contributed by atoms with Crippen molar-refractivity contribution in [2.45, 2.75) is 11.3 Å². The number of ether oxygens (including phenoxy) is 1. The minimum atomic E-state index is -4.62. The fourth-order valence-electron chi connectivity index (χ4n) is 2.40. The molecule has 0 aliphatic rings. The Balaban J connectivity index is 1.76. The van der Waals surface area contributed by atoms with Crippen molar-refractivity contribution in [2.24, 2.45) is 0 Å². The van der Waals surface area contributed by atoms with Gasteiger partial charge in [-0.3, -0.25) is 19.3 Å². The van der Waals surface area contributed by atoms with Gasteiger partial charge in [-0.2, -0.15) is 13.2 Å². The van der Waals surface area contributed by atoms with E-state index in [-0.39, 0.29) is 38.7 Å². The van der Waals surface area contributed by atoms with E-state index in [1.807, 2.05) is 0 Å². The Bertz CT molecular complexity index is 1140. The largest absolute Gasteiger partial charge is 0.494 e.